The molecule has 0 unspecified atom stereocenters. The van der Waals surface area contributed by atoms with E-state index < -0.39 is 39.4 Å². The smallest absolute Gasteiger partial charge is 0.237 e. The first-order valence-electron chi connectivity index (χ1n) is 6.34. The molecule has 1 fully saturated rings. The van der Waals surface area contributed by atoms with Crippen molar-refractivity contribution in [3.05, 3.63) is 35.4 Å². The zero-order valence-electron chi connectivity index (χ0n) is 10.9. The summed E-state index contributed by atoms with van der Waals surface area (Å²) in [4.78, 5) is 11.8. The Labute approximate surface area is 116 Å². The molecular formula is C13H15F2NO3S. The van der Waals surface area contributed by atoms with Crippen LogP contribution in [0.25, 0.3) is 0 Å². The zero-order chi connectivity index (χ0) is 14.9. The van der Waals surface area contributed by atoms with E-state index in [0.29, 0.717) is 12.8 Å². The lowest BCUT2D eigenvalue weighted by molar-refractivity contribution is -0.120. The van der Waals surface area contributed by atoms with E-state index in [0.717, 1.165) is 6.07 Å². The van der Waals surface area contributed by atoms with E-state index in [1.54, 1.807) is 6.92 Å². The first kappa shape index (κ1) is 14.9. The van der Waals surface area contributed by atoms with Crippen LogP contribution < -0.4 is 4.72 Å². The van der Waals surface area contributed by atoms with Crippen molar-refractivity contribution in [1.82, 2.24) is 4.72 Å². The number of rotatable bonds is 5. The van der Waals surface area contributed by atoms with Gasteiger partial charge in [0.2, 0.25) is 15.9 Å². The van der Waals surface area contributed by atoms with Gasteiger partial charge in [-0.2, -0.15) is 0 Å². The highest BCUT2D eigenvalue weighted by molar-refractivity contribution is 7.90. The third-order valence-electron chi connectivity index (χ3n) is 3.24. The lowest BCUT2D eigenvalue weighted by Crippen LogP contribution is -2.33. The van der Waals surface area contributed by atoms with Crippen LogP contribution in [0.5, 0.6) is 0 Å². The van der Waals surface area contributed by atoms with E-state index in [9.17, 15) is 22.0 Å². The highest BCUT2D eigenvalue weighted by Gasteiger charge is 2.46. The zero-order valence-corrected chi connectivity index (χ0v) is 11.7. The Hall–Kier alpha value is -1.50. The second-order valence-corrected chi connectivity index (χ2v) is 6.72. The Morgan fingerprint density at radius 2 is 2.10 bits per heavy atom. The molecule has 7 heteroatoms. The Morgan fingerprint density at radius 1 is 1.40 bits per heavy atom. The predicted octanol–water partition coefficient (Wildman–Crippen LogP) is 1.92. The topological polar surface area (TPSA) is 63.2 Å². The quantitative estimate of drug-likeness (QED) is 0.904. The van der Waals surface area contributed by atoms with Gasteiger partial charge in [0.05, 0.1) is 5.75 Å². The second kappa shape index (κ2) is 5.47. The minimum absolute atomic E-state index is 0.123. The molecule has 2 atom stereocenters. The molecule has 20 heavy (non-hydrogen) atoms. The molecule has 110 valence electrons. The van der Waals surface area contributed by atoms with Crippen LogP contribution in [0, 0.1) is 17.6 Å². The van der Waals surface area contributed by atoms with Crippen molar-refractivity contribution in [3.8, 4) is 0 Å². The molecule has 2 rings (SSSR count). The molecule has 0 saturated heterocycles. The summed E-state index contributed by atoms with van der Waals surface area (Å²) in [5.41, 5.74) is 0.123. The van der Waals surface area contributed by atoms with Crippen molar-refractivity contribution in [2.45, 2.75) is 25.7 Å². The maximum Gasteiger partial charge on any atom is 0.237 e. The second-order valence-electron chi connectivity index (χ2n) is 4.88. The van der Waals surface area contributed by atoms with Crippen molar-refractivity contribution >= 4 is 15.9 Å². The Kier molecular flexibility index (Phi) is 4.08. The average molecular weight is 303 g/mol. The van der Waals surface area contributed by atoms with Crippen molar-refractivity contribution in [2.24, 2.45) is 5.92 Å². The number of halogens is 2. The first-order valence-corrected chi connectivity index (χ1v) is 7.99. The van der Waals surface area contributed by atoms with Crippen LogP contribution in [0.2, 0.25) is 0 Å². The maximum absolute atomic E-state index is 13.6. The fraction of sp³-hybridized carbons (Fsp3) is 0.462. The molecule has 0 radical (unpaired) electrons. The Balaban J connectivity index is 2.05. The van der Waals surface area contributed by atoms with Crippen LogP contribution >= 0.6 is 0 Å². The molecule has 1 aromatic rings. The standard InChI is InChI=1S/C13H15F2NO3S/c1-2-6-20(18,19)16-13(17)10-7-9(10)8-4-3-5-11(14)12(8)15/h3-5,9-10H,2,6-7H2,1H3,(H,16,17)/t9-,10-/m1/s1. The number of hydrogen-bond donors (Lipinski definition) is 1. The van der Waals surface area contributed by atoms with Crippen LogP contribution in [0.15, 0.2) is 18.2 Å². The molecule has 1 saturated carbocycles. The van der Waals surface area contributed by atoms with Crippen LogP contribution in [0.3, 0.4) is 0 Å². The molecule has 1 aliphatic carbocycles. The SMILES string of the molecule is CCCS(=O)(=O)NC(=O)[C@@H]1C[C@@H]1c1cccc(F)c1F. The number of amides is 1. The molecule has 1 amide bonds. The third kappa shape index (κ3) is 3.15. The number of sulfonamides is 1. The summed E-state index contributed by atoms with van der Waals surface area (Å²) in [5.74, 6) is -3.78. The highest BCUT2D eigenvalue weighted by Crippen LogP contribution is 2.48. The number of carbonyl (C=O) groups is 1. The molecule has 0 aliphatic heterocycles. The average Bonchev–Trinajstić information content (AvgIpc) is 3.12. The normalized spacial score (nSPS) is 21.6. The van der Waals surface area contributed by atoms with Gasteiger partial charge in [0, 0.05) is 5.92 Å². The van der Waals surface area contributed by atoms with Gasteiger partial charge < -0.3 is 0 Å². The molecular weight excluding hydrogens is 288 g/mol. The van der Waals surface area contributed by atoms with Gasteiger partial charge in [-0.1, -0.05) is 19.1 Å². The van der Waals surface area contributed by atoms with Gasteiger partial charge in [0.25, 0.3) is 0 Å². The van der Waals surface area contributed by atoms with Gasteiger partial charge in [-0.3, -0.25) is 9.52 Å². The van der Waals surface area contributed by atoms with Gasteiger partial charge in [0.15, 0.2) is 11.6 Å². The minimum atomic E-state index is -3.63. The van der Waals surface area contributed by atoms with Crippen molar-refractivity contribution in [2.75, 3.05) is 5.75 Å². The minimum Gasteiger partial charge on any atom is -0.274 e. The summed E-state index contributed by atoms with van der Waals surface area (Å²) in [6.07, 6.45) is 0.725. The molecule has 1 N–H and O–H groups in total. The van der Waals surface area contributed by atoms with Crippen LogP contribution in [0.1, 0.15) is 31.2 Å². The number of hydrogen-bond acceptors (Lipinski definition) is 3. The van der Waals surface area contributed by atoms with Gasteiger partial charge in [-0.15, -0.1) is 0 Å². The first-order chi connectivity index (χ1) is 9.35. The molecule has 0 heterocycles. The van der Waals surface area contributed by atoms with Crippen molar-refractivity contribution in [3.63, 3.8) is 0 Å². The largest absolute Gasteiger partial charge is 0.274 e. The number of nitrogens with one attached hydrogen (secondary N) is 1. The highest BCUT2D eigenvalue weighted by atomic mass is 32.2. The number of benzene rings is 1. The van der Waals surface area contributed by atoms with Crippen molar-refractivity contribution < 1.29 is 22.0 Å². The van der Waals surface area contributed by atoms with Gasteiger partial charge in [0.1, 0.15) is 0 Å². The molecule has 0 aromatic heterocycles. The molecule has 1 aromatic carbocycles. The maximum atomic E-state index is 13.6. The molecule has 0 bridgehead atoms. The van der Waals surface area contributed by atoms with Crippen LogP contribution in [-0.2, 0) is 14.8 Å². The Morgan fingerprint density at radius 3 is 2.75 bits per heavy atom. The monoisotopic (exact) mass is 303 g/mol. The summed E-state index contributed by atoms with van der Waals surface area (Å²) >= 11 is 0. The van der Waals surface area contributed by atoms with E-state index in [1.165, 1.54) is 12.1 Å². The van der Waals surface area contributed by atoms with E-state index in [2.05, 4.69) is 0 Å². The van der Waals surface area contributed by atoms with Crippen LogP contribution in [-0.4, -0.2) is 20.1 Å². The van der Waals surface area contributed by atoms with E-state index >= 15 is 0 Å². The number of carbonyl (C=O) groups excluding carboxylic acids is 1. The molecule has 4 nitrogen and oxygen atoms in total. The van der Waals surface area contributed by atoms with Crippen LogP contribution in [0.4, 0.5) is 8.78 Å². The molecule has 1 aliphatic rings. The summed E-state index contributed by atoms with van der Waals surface area (Å²) in [5, 5.41) is 0. The van der Waals surface area contributed by atoms with Gasteiger partial charge in [-0.25, -0.2) is 17.2 Å². The summed E-state index contributed by atoms with van der Waals surface area (Å²) in [6, 6.07) is 3.79. The summed E-state index contributed by atoms with van der Waals surface area (Å²) in [6.45, 7) is 1.69. The van der Waals surface area contributed by atoms with E-state index in [1.807, 2.05) is 4.72 Å². The van der Waals surface area contributed by atoms with E-state index in [4.69, 9.17) is 0 Å². The lowest BCUT2D eigenvalue weighted by Gasteiger charge is -2.06. The Bertz CT molecular complexity index is 631. The van der Waals surface area contributed by atoms with Gasteiger partial charge >= 0.3 is 0 Å². The summed E-state index contributed by atoms with van der Waals surface area (Å²) < 4.78 is 51.6. The van der Waals surface area contributed by atoms with E-state index in [-0.39, 0.29) is 11.3 Å². The van der Waals surface area contributed by atoms with Gasteiger partial charge in [-0.05, 0) is 30.4 Å². The predicted molar refractivity (Wildman–Crippen MR) is 69.4 cm³/mol. The lowest BCUT2D eigenvalue weighted by atomic mass is 10.1. The fourth-order valence-electron chi connectivity index (χ4n) is 2.18. The molecule has 0 spiro atoms. The fourth-order valence-corrected chi connectivity index (χ4v) is 3.28. The van der Waals surface area contributed by atoms with Crippen molar-refractivity contribution in [1.29, 1.82) is 0 Å². The summed E-state index contributed by atoms with van der Waals surface area (Å²) in [7, 11) is -3.63. The third-order valence-corrected chi connectivity index (χ3v) is 4.69.